The van der Waals surface area contributed by atoms with Gasteiger partial charge in [0.2, 0.25) is 0 Å². The summed E-state index contributed by atoms with van der Waals surface area (Å²) >= 11 is 0. The summed E-state index contributed by atoms with van der Waals surface area (Å²) in [4.78, 5) is 6.50. The van der Waals surface area contributed by atoms with Gasteiger partial charge in [0.25, 0.3) is 0 Å². The zero-order valence-corrected chi connectivity index (χ0v) is 10.6. The molecule has 3 heteroatoms. The van der Waals surface area contributed by atoms with Gasteiger partial charge in [0.05, 0.1) is 6.10 Å². The minimum Gasteiger partial charge on any atom is -0.389 e. The topological polar surface area (TPSA) is 36.4 Å². The van der Waals surface area contributed by atoms with Crippen molar-refractivity contribution in [2.45, 2.75) is 45.8 Å². The molecule has 16 heavy (non-hydrogen) atoms. The molecule has 0 saturated carbocycles. The first-order valence-electron chi connectivity index (χ1n) is 5.93. The highest BCUT2D eigenvalue weighted by Crippen LogP contribution is 2.19. The van der Waals surface area contributed by atoms with Crippen LogP contribution >= 0.6 is 0 Å². The smallest absolute Gasteiger partial charge is 0.128 e. The summed E-state index contributed by atoms with van der Waals surface area (Å²) < 4.78 is 0. The highest BCUT2D eigenvalue weighted by molar-refractivity contribution is 5.41. The highest BCUT2D eigenvalue weighted by atomic mass is 16.3. The van der Waals surface area contributed by atoms with Crippen LogP contribution in [0.4, 0.5) is 5.82 Å². The van der Waals surface area contributed by atoms with Crippen LogP contribution in [0.1, 0.15) is 45.3 Å². The van der Waals surface area contributed by atoms with E-state index >= 15 is 0 Å². The number of aromatic nitrogens is 1. The van der Waals surface area contributed by atoms with Gasteiger partial charge in [0, 0.05) is 19.3 Å². The lowest BCUT2D eigenvalue weighted by Gasteiger charge is -2.26. The van der Waals surface area contributed by atoms with E-state index in [2.05, 4.69) is 30.8 Å². The number of rotatable bonds is 5. The maximum Gasteiger partial charge on any atom is 0.128 e. The molecule has 0 aliphatic heterocycles. The fourth-order valence-corrected chi connectivity index (χ4v) is 1.72. The summed E-state index contributed by atoms with van der Waals surface area (Å²) in [5, 5.41) is 9.53. The molecule has 0 saturated heterocycles. The lowest BCUT2D eigenvalue weighted by atomic mass is 10.1. The summed E-state index contributed by atoms with van der Waals surface area (Å²) in [6.45, 7) is 6.15. The Morgan fingerprint density at radius 2 is 2.12 bits per heavy atom. The van der Waals surface area contributed by atoms with E-state index < -0.39 is 6.10 Å². The minimum absolute atomic E-state index is 0.434. The van der Waals surface area contributed by atoms with Gasteiger partial charge in [-0.15, -0.1) is 0 Å². The number of aliphatic hydroxyl groups is 1. The third-order valence-corrected chi connectivity index (χ3v) is 2.98. The van der Waals surface area contributed by atoms with Gasteiger partial charge in [-0.3, -0.25) is 0 Å². The van der Waals surface area contributed by atoms with Crippen LogP contribution < -0.4 is 4.90 Å². The first-order chi connectivity index (χ1) is 7.56. The Kier molecular flexibility index (Phi) is 4.74. The van der Waals surface area contributed by atoms with E-state index in [0.717, 1.165) is 17.8 Å². The summed E-state index contributed by atoms with van der Waals surface area (Å²) in [5.41, 5.74) is 0.917. The van der Waals surface area contributed by atoms with Gasteiger partial charge >= 0.3 is 0 Å². The Bertz CT molecular complexity index is 325. The Hall–Kier alpha value is -1.09. The monoisotopic (exact) mass is 222 g/mol. The molecule has 1 aromatic heterocycles. The normalized spacial score (nSPS) is 14.6. The molecule has 1 aromatic rings. The van der Waals surface area contributed by atoms with E-state index in [-0.39, 0.29) is 0 Å². The quantitative estimate of drug-likeness (QED) is 0.832. The minimum atomic E-state index is -0.434. The zero-order chi connectivity index (χ0) is 12.1. The second-order valence-electron chi connectivity index (χ2n) is 4.37. The van der Waals surface area contributed by atoms with E-state index in [1.807, 2.05) is 12.1 Å². The van der Waals surface area contributed by atoms with E-state index in [1.54, 1.807) is 13.1 Å². The maximum absolute atomic E-state index is 9.53. The molecular formula is C13H22N2O. The van der Waals surface area contributed by atoms with Gasteiger partial charge in [-0.2, -0.15) is 0 Å². The highest BCUT2D eigenvalue weighted by Gasteiger charge is 2.11. The lowest BCUT2D eigenvalue weighted by molar-refractivity contribution is 0.199. The summed E-state index contributed by atoms with van der Waals surface area (Å²) in [6, 6.07) is 4.28. The Morgan fingerprint density at radius 1 is 1.44 bits per heavy atom. The van der Waals surface area contributed by atoms with Crippen LogP contribution in [0.25, 0.3) is 0 Å². The Morgan fingerprint density at radius 3 is 2.69 bits per heavy atom. The van der Waals surface area contributed by atoms with Gasteiger partial charge < -0.3 is 10.0 Å². The molecule has 0 aliphatic rings. The molecule has 1 rings (SSSR count). The second-order valence-corrected chi connectivity index (χ2v) is 4.37. The van der Waals surface area contributed by atoms with Crippen LogP contribution in [0, 0.1) is 0 Å². The fourth-order valence-electron chi connectivity index (χ4n) is 1.72. The van der Waals surface area contributed by atoms with Gasteiger partial charge in [-0.05, 0) is 38.0 Å². The molecule has 0 amide bonds. The van der Waals surface area contributed by atoms with E-state index in [4.69, 9.17) is 0 Å². The van der Waals surface area contributed by atoms with Crippen molar-refractivity contribution in [1.82, 2.24) is 4.98 Å². The third kappa shape index (κ3) is 3.20. The molecule has 0 fully saturated rings. The third-order valence-electron chi connectivity index (χ3n) is 2.98. The van der Waals surface area contributed by atoms with Crippen molar-refractivity contribution >= 4 is 5.82 Å². The molecule has 90 valence electrons. The molecule has 0 radical (unpaired) electrons. The summed E-state index contributed by atoms with van der Waals surface area (Å²) in [7, 11) is 2.05. The predicted molar refractivity (Wildman–Crippen MR) is 67.6 cm³/mol. The van der Waals surface area contributed by atoms with Crippen LogP contribution in [0.2, 0.25) is 0 Å². The molecule has 0 spiro atoms. The number of aliphatic hydroxyl groups excluding tert-OH is 1. The van der Waals surface area contributed by atoms with Crippen LogP contribution in [-0.2, 0) is 0 Å². The van der Waals surface area contributed by atoms with Gasteiger partial charge in [0.1, 0.15) is 5.82 Å². The van der Waals surface area contributed by atoms with Gasteiger partial charge in [0.15, 0.2) is 0 Å². The van der Waals surface area contributed by atoms with Crippen LogP contribution in [-0.4, -0.2) is 23.2 Å². The Labute approximate surface area is 98.1 Å². The zero-order valence-electron chi connectivity index (χ0n) is 10.6. The largest absolute Gasteiger partial charge is 0.389 e. The first-order valence-corrected chi connectivity index (χ1v) is 5.93. The average molecular weight is 222 g/mol. The van der Waals surface area contributed by atoms with E-state index in [0.29, 0.717) is 6.04 Å². The number of hydrogen-bond donors (Lipinski definition) is 1. The molecule has 0 bridgehead atoms. The maximum atomic E-state index is 9.53. The number of nitrogens with zero attached hydrogens (tertiary/aromatic N) is 2. The first kappa shape index (κ1) is 13.0. The van der Waals surface area contributed by atoms with Crippen molar-refractivity contribution in [2.24, 2.45) is 0 Å². The predicted octanol–water partition coefficient (Wildman–Crippen LogP) is 2.76. The molecular weight excluding hydrogens is 200 g/mol. The second kappa shape index (κ2) is 5.85. The molecule has 1 heterocycles. The molecule has 2 unspecified atom stereocenters. The van der Waals surface area contributed by atoms with Crippen LogP contribution in [0.3, 0.4) is 0 Å². The molecule has 2 atom stereocenters. The summed E-state index contributed by atoms with van der Waals surface area (Å²) in [5.74, 6) is 0.930. The van der Waals surface area contributed by atoms with Gasteiger partial charge in [-0.25, -0.2) is 4.98 Å². The van der Waals surface area contributed by atoms with Crippen molar-refractivity contribution in [3.05, 3.63) is 23.9 Å². The van der Waals surface area contributed by atoms with Crippen molar-refractivity contribution < 1.29 is 5.11 Å². The van der Waals surface area contributed by atoms with Gasteiger partial charge in [-0.1, -0.05) is 13.3 Å². The van der Waals surface area contributed by atoms with E-state index in [1.165, 1.54) is 6.42 Å². The average Bonchev–Trinajstić information content (AvgIpc) is 2.28. The SMILES string of the molecule is CCCC(C)N(C)c1cc(C(C)O)ccn1. The van der Waals surface area contributed by atoms with Crippen molar-refractivity contribution in [3.8, 4) is 0 Å². The van der Waals surface area contributed by atoms with Crippen molar-refractivity contribution in [1.29, 1.82) is 0 Å². The molecule has 0 aromatic carbocycles. The lowest BCUT2D eigenvalue weighted by Crippen LogP contribution is -2.29. The summed E-state index contributed by atoms with van der Waals surface area (Å²) in [6.07, 6.45) is 3.64. The number of pyridine rings is 1. The number of anilines is 1. The van der Waals surface area contributed by atoms with Crippen molar-refractivity contribution in [3.63, 3.8) is 0 Å². The molecule has 3 nitrogen and oxygen atoms in total. The van der Waals surface area contributed by atoms with E-state index in [9.17, 15) is 5.11 Å². The van der Waals surface area contributed by atoms with Crippen LogP contribution in [0.5, 0.6) is 0 Å². The molecule has 1 N–H and O–H groups in total. The molecule has 0 aliphatic carbocycles. The fraction of sp³-hybridized carbons (Fsp3) is 0.615. The van der Waals surface area contributed by atoms with Crippen LogP contribution in [0.15, 0.2) is 18.3 Å². The number of hydrogen-bond acceptors (Lipinski definition) is 3. The van der Waals surface area contributed by atoms with Crippen molar-refractivity contribution in [2.75, 3.05) is 11.9 Å². The standard InChI is InChI=1S/C13H22N2O/c1-5-6-10(2)15(4)13-9-12(11(3)16)7-8-14-13/h7-11,16H,5-6H2,1-4H3. The Balaban J connectivity index is 2.82.